The minimum atomic E-state index is -0.361. The van der Waals surface area contributed by atoms with Crippen molar-refractivity contribution in [1.29, 1.82) is 0 Å². The van der Waals surface area contributed by atoms with Crippen LogP contribution in [0.3, 0.4) is 0 Å². The minimum absolute atomic E-state index is 0.165. The van der Waals surface area contributed by atoms with Crippen molar-refractivity contribution in [3.8, 4) is 5.75 Å². The van der Waals surface area contributed by atoms with Crippen molar-refractivity contribution in [2.45, 2.75) is 0 Å². The van der Waals surface area contributed by atoms with Gasteiger partial charge in [-0.2, -0.15) is 0 Å². The van der Waals surface area contributed by atoms with E-state index in [0.29, 0.717) is 26.5 Å². The van der Waals surface area contributed by atoms with E-state index in [0.717, 1.165) is 0 Å². The molecule has 20 heavy (non-hydrogen) atoms. The normalized spacial score (nSPS) is 10.2. The highest BCUT2D eigenvalue weighted by atomic mass is 35.5. The fourth-order valence-corrected chi connectivity index (χ4v) is 2.17. The molecule has 0 radical (unpaired) electrons. The fraction of sp³-hybridized carbons (Fsp3) is 0.0714. The monoisotopic (exact) mass is 329 g/mol. The van der Waals surface area contributed by atoms with Crippen LogP contribution in [0.2, 0.25) is 15.1 Å². The number of hydrogen-bond donors (Lipinski definition) is 1. The van der Waals surface area contributed by atoms with Crippen molar-refractivity contribution in [2.75, 3.05) is 11.9 Å². The third-order valence-corrected chi connectivity index (χ3v) is 3.26. The average Bonchev–Trinajstić information content (AvgIpc) is 2.41. The van der Waals surface area contributed by atoms with Gasteiger partial charge in [-0.1, -0.05) is 46.9 Å². The van der Waals surface area contributed by atoms with Crippen LogP contribution in [-0.2, 0) is 4.79 Å². The van der Waals surface area contributed by atoms with Crippen molar-refractivity contribution in [3.05, 3.63) is 57.5 Å². The summed E-state index contributed by atoms with van der Waals surface area (Å²) in [7, 11) is 0. The maximum Gasteiger partial charge on any atom is 0.262 e. The first-order valence-corrected chi connectivity index (χ1v) is 6.82. The molecular formula is C14H10Cl3NO2. The van der Waals surface area contributed by atoms with Gasteiger partial charge in [-0.05, 0) is 30.3 Å². The minimum Gasteiger partial charge on any atom is -0.484 e. The third kappa shape index (κ3) is 4.04. The van der Waals surface area contributed by atoms with Gasteiger partial charge in [0, 0.05) is 5.02 Å². The zero-order valence-electron chi connectivity index (χ0n) is 10.2. The largest absolute Gasteiger partial charge is 0.484 e. The molecule has 0 aliphatic rings. The number of carbonyl (C=O) groups is 1. The number of carbonyl (C=O) groups excluding carboxylic acids is 1. The van der Waals surface area contributed by atoms with Gasteiger partial charge in [0.25, 0.3) is 5.91 Å². The number of ether oxygens (including phenoxy) is 1. The van der Waals surface area contributed by atoms with Gasteiger partial charge in [0.05, 0.1) is 15.7 Å². The first-order chi connectivity index (χ1) is 9.56. The number of amides is 1. The van der Waals surface area contributed by atoms with E-state index in [9.17, 15) is 4.79 Å². The Labute approximate surface area is 131 Å². The summed E-state index contributed by atoms with van der Waals surface area (Å²) in [6, 6.07) is 11.8. The maximum atomic E-state index is 11.8. The van der Waals surface area contributed by atoms with Crippen LogP contribution in [0, 0.1) is 0 Å². The summed E-state index contributed by atoms with van der Waals surface area (Å²) < 4.78 is 5.32. The molecule has 0 saturated carbocycles. The van der Waals surface area contributed by atoms with E-state index in [1.165, 1.54) is 0 Å². The van der Waals surface area contributed by atoms with E-state index >= 15 is 0 Å². The molecule has 6 heteroatoms. The predicted molar refractivity (Wildman–Crippen MR) is 82.0 cm³/mol. The standard InChI is InChI=1S/C14H10Cl3NO2/c15-9-3-1-4-10(7-9)20-8-13(19)18-14-11(16)5-2-6-12(14)17/h1-7H,8H2,(H,18,19). The molecule has 0 saturated heterocycles. The topological polar surface area (TPSA) is 38.3 Å². The van der Waals surface area contributed by atoms with Gasteiger partial charge >= 0.3 is 0 Å². The lowest BCUT2D eigenvalue weighted by atomic mass is 10.3. The molecule has 104 valence electrons. The molecule has 0 aliphatic carbocycles. The van der Waals surface area contributed by atoms with E-state index in [2.05, 4.69) is 5.32 Å². The third-order valence-electron chi connectivity index (χ3n) is 2.39. The summed E-state index contributed by atoms with van der Waals surface area (Å²) >= 11 is 17.7. The van der Waals surface area contributed by atoms with Gasteiger partial charge in [-0.3, -0.25) is 4.79 Å². The Morgan fingerprint density at radius 2 is 1.70 bits per heavy atom. The number of anilines is 1. The second kappa shape index (κ2) is 6.84. The molecule has 2 aromatic rings. The number of hydrogen-bond acceptors (Lipinski definition) is 2. The summed E-state index contributed by atoms with van der Waals surface area (Å²) in [5.41, 5.74) is 0.371. The van der Waals surface area contributed by atoms with Gasteiger partial charge < -0.3 is 10.1 Å². The highest BCUT2D eigenvalue weighted by Crippen LogP contribution is 2.29. The molecule has 3 nitrogen and oxygen atoms in total. The van der Waals surface area contributed by atoms with Crippen LogP contribution < -0.4 is 10.1 Å². The Kier molecular flexibility index (Phi) is 5.12. The number of rotatable bonds is 4. The molecule has 0 atom stereocenters. The van der Waals surface area contributed by atoms with Crippen molar-refractivity contribution in [3.63, 3.8) is 0 Å². The Morgan fingerprint density at radius 3 is 2.35 bits per heavy atom. The molecule has 0 heterocycles. The van der Waals surface area contributed by atoms with Crippen LogP contribution in [0.5, 0.6) is 5.75 Å². The fourth-order valence-electron chi connectivity index (χ4n) is 1.50. The van der Waals surface area contributed by atoms with E-state index in [-0.39, 0.29) is 12.5 Å². The van der Waals surface area contributed by atoms with E-state index < -0.39 is 0 Å². The van der Waals surface area contributed by atoms with Crippen LogP contribution in [0.15, 0.2) is 42.5 Å². The smallest absolute Gasteiger partial charge is 0.262 e. The molecule has 2 aromatic carbocycles. The SMILES string of the molecule is O=C(COc1cccc(Cl)c1)Nc1c(Cl)cccc1Cl. The summed E-state index contributed by atoms with van der Waals surface area (Å²) in [6.45, 7) is -0.165. The van der Waals surface area contributed by atoms with Gasteiger partial charge in [0.2, 0.25) is 0 Å². The van der Waals surface area contributed by atoms with Crippen LogP contribution in [0.4, 0.5) is 5.69 Å². The first-order valence-electron chi connectivity index (χ1n) is 5.68. The molecule has 0 fully saturated rings. The average molecular weight is 331 g/mol. The lowest BCUT2D eigenvalue weighted by Crippen LogP contribution is -2.20. The molecule has 1 amide bonds. The quantitative estimate of drug-likeness (QED) is 0.885. The molecule has 1 N–H and O–H groups in total. The van der Waals surface area contributed by atoms with E-state index in [4.69, 9.17) is 39.5 Å². The van der Waals surface area contributed by atoms with Gasteiger partial charge in [0.15, 0.2) is 6.61 Å². The van der Waals surface area contributed by atoms with Gasteiger partial charge in [0.1, 0.15) is 5.75 Å². The molecule has 0 bridgehead atoms. The van der Waals surface area contributed by atoms with Crippen LogP contribution in [0.25, 0.3) is 0 Å². The second-order valence-corrected chi connectivity index (χ2v) is 5.14. The van der Waals surface area contributed by atoms with E-state index in [1.54, 1.807) is 42.5 Å². The summed E-state index contributed by atoms with van der Waals surface area (Å²) in [6.07, 6.45) is 0. The van der Waals surface area contributed by atoms with Gasteiger partial charge in [-0.15, -0.1) is 0 Å². The molecule has 0 spiro atoms. The molecule has 2 rings (SSSR count). The van der Waals surface area contributed by atoms with Crippen molar-refractivity contribution in [1.82, 2.24) is 0 Å². The maximum absolute atomic E-state index is 11.8. The highest BCUT2D eigenvalue weighted by Gasteiger charge is 2.10. The van der Waals surface area contributed by atoms with Crippen LogP contribution in [0.1, 0.15) is 0 Å². The number of nitrogens with one attached hydrogen (secondary N) is 1. The first kappa shape index (κ1) is 15.0. The molecular weight excluding hydrogens is 321 g/mol. The summed E-state index contributed by atoms with van der Waals surface area (Å²) in [5, 5.41) is 3.88. The number of para-hydroxylation sites is 1. The number of benzene rings is 2. The highest BCUT2D eigenvalue weighted by molar-refractivity contribution is 6.39. The lowest BCUT2D eigenvalue weighted by Gasteiger charge is -2.10. The zero-order chi connectivity index (χ0) is 14.5. The second-order valence-electron chi connectivity index (χ2n) is 3.89. The summed E-state index contributed by atoms with van der Waals surface area (Å²) in [4.78, 5) is 11.8. The van der Waals surface area contributed by atoms with Gasteiger partial charge in [-0.25, -0.2) is 0 Å². The zero-order valence-corrected chi connectivity index (χ0v) is 12.5. The van der Waals surface area contributed by atoms with Crippen molar-refractivity contribution < 1.29 is 9.53 Å². The molecule has 0 unspecified atom stereocenters. The Morgan fingerprint density at radius 1 is 1.05 bits per heavy atom. The van der Waals surface area contributed by atoms with E-state index in [1.807, 2.05) is 0 Å². The Hall–Kier alpha value is -1.42. The summed E-state index contributed by atoms with van der Waals surface area (Å²) in [5.74, 6) is 0.151. The Bertz CT molecular complexity index is 611. The predicted octanol–water partition coefficient (Wildman–Crippen LogP) is 4.66. The van der Waals surface area contributed by atoms with Crippen LogP contribution in [-0.4, -0.2) is 12.5 Å². The van der Waals surface area contributed by atoms with Crippen molar-refractivity contribution >= 4 is 46.4 Å². The lowest BCUT2D eigenvalue weighted by molar-refractivity contribution is -0.118. The number of halogens is 3. The van der Waals surface area contributed by atoms with Crippen molar-refractivity contribution in [2.24, 2.45) is 0 Å². The molecule has 0 aromatic heterocycles. The Balaban J connectivity index is 1.96. The molecule has 0 aliphatic heterocycles. The van der Waals surface area contributed by atoms with Crippen LogP contribution >= 0.6 is 34.8 Å².